The average Bonchev–Trinajstić information content (AvgIpc) is 2.01. The number of rotatable bonds is 1. The molecule has 0 atom stereocenters. The van der Waals surface area contributed by atoms with Crippen LogP contribution >= 0.6 is 34.8 Å². The molecule has 14 heavy (non-hydrogen) atoms. The van der Waals surface area contributed by atoms with Gasteiger partial charge >= 0.3 is 0 Å². The smallest absolute Gasteiger partial charge is 0.252 e. The highest BCUT2D eigenvalue weighted by Gasteiger charge is 2.24. The molecule has 1 heterocycles. The van der Waals surface area contributed by atoms with E-state index >= 15 is 0 Å². The summed E-state index contributed by atoms with van der Waals surface area (Å²) in [6.07, 6.45) is 1.39. The third-order valence-corrected chi connectivity index (χ3v) is 1.74. The topological polar surface area (TPSA) is 90.2 Å². The van der Waals surface area contributed by atoms with Crippen molar-refractivity contribution in [3.8, 4) is 0 Å². The second kappa shape index (κ2) is 4.16. The summed E-state index contributed by atoms with van der Waals surface area (Å²) in [5.41, 5.74) is 10.5. The van der Waals surface area contributed by atoms with E-state index in [0.29, 0.717) is 0 Å². The lowest BCUT2D eigenvalue weighted by Gasteiger charge is -2.08. The third-order valence-electron chi connectivity index (χ3n) is 1.16. The van der Waals surface area contributed by atoms with Crippen LogP contribution in [0.5, 0.6) is 0 Å². The number of guanidine groups is 1. The van der Waals surface area contributed by atoms with E-state index in [4.69, 9.17) is 46.3 Å². The molecule has 0 fully saturated rings. The molecule has 0 aliphatic heterocycles. The predicted octanol–water partition coefficient (Wildman–Crippen LogP) is 1.21. The minimum Gasteiger partial charge on any atom is -0.370 e. The molecule has 0 saturated carbocycles. The van der Waals surface area contributed by atoms with E-state index < -0.39 is 3.79 Å². The maximum absolute atomic E-state index is 5.60. The van der Waals surface area contributed by atoms with E-state index in [9.17, 15) is 0 Å². The number of hydrogen-bond donors (Lipinski definition) is 2. The number of aromatic nitrogens is 2. The van der Waals surface area contributed by atoms with Gasteiger partial charge in [-0.05, 0) is 6.07 Å². The SMILES string of the molecule is NC(N)=Nc1nccc(C(Cl)(Cl)Cl)n1. The Balaban J connectivity index is 3.08. The summed E-state index contributed by atoms with van der Waals surface area (Å²) < 4.78 is -1.61. The fourth-order valence-electron chi connectivity index (χ4n) is 0.676. The van der Waals surface area contributed by atoms with Gasteiger partial charge in [-0.25, -0.2) is 9.97 Å². The number of aliphatic imine (C=N–C) groups is 1. The Morgan fingerprint density at radius 3 is 2.50 bits per heavy atom. The van der Waals surface area contributed by atoms with Crippen LogP contribution in [0.4, 0.5) is 5.95 Å². The minimum atomic E-state index is -1.61. The first kappa shape index (κ1) is 11.3. The van der Waals surface area contributed by atoms with Gasteiger partial charge in [-0.1, -0.05) is 34.8 Å². The van der Waals surface area contributed by atoms with Gasteiger partial charge in [-0.3, -0.25) is 0 Å². The molecule has 8 heteroatoms. The first-order valence-electron chi connectivity index (χ1n) is 3.39. The molecule has 5 nitrogen and oxygen atoms in total. The minimum absolute atomic E-state index is 0.0498. The van der Waals surface area contributed by atoms with Crippen LogP contribution in [0.25, 0.3) is 0 Å². The van der Waals surface area contributed by atoms with Crippen LogP contribution in [0.3, 0.4) is 0 Å². The quantitative estimate of drug-likeness (QED) is 0.448. The molecule has 0 bridgehead atoms. The highest BCUT2D eigenvalue weighted by Crippen LogP contribution is 2.36. The Morgan fingerprint density at radius 2 is 2.00 bits per heavy atom. The Labute approximate surface area is 95.1 Å². The molecule has 0 unspecified atom stereocenters. The molecule has 0 radical (unpaired) electrons. The fourth-order valence-corrected chi connectivity index (χ4v) is 0.991. The van der Waals surface area contributed by atoms with Crippen LogP contribution in [0.15, 0.2) is 17.3 Å². The van der Waals surface area contributed by atoms with Gasteiger partial charge in [0.15, 0.2) is 5.96 Å². The van der Waals surface area contributed by atoms with Crippen molar-refractivity contribution < 1.29 is 0 Å². The lowest BCUT2D eigenvalue weighted by Crippen LogP contribution is -2.22. The van der Waals surface area contributed by atoms with E-state index in [1.807, 2.05) is 0 Å². The Bertz CT molecular complexity index is 355. The summed E-state index contributed by atoms with van der Waals surface area (Å²) in [4.78, 5) is 11.2. The van der Waals surface area contributed by atoms with Crippen molar-refractivity contribution >= 4 is 46.7 Å². The molecule has 0 saturated heterocycles. The number of halogens is 3. The van der Waals surface area contributed by atoms with Crippen LogP contribution in [0, 0.1) is 0 Å². The summed E-state index contributed by atoms with van der Waals surface area (Å²) in [5.74, 6) is -0.111. The van der Waals surface area contributed by atoms with E-state index in [2.05, 4.69) is 15.0 Å². The lowest BCUT2D eigenvalue weighted by atomic mass is 10.4. The van der Waals surface area contributed by atoms with Gasteiger partial charge in [0.05, 0.1) is 5.69 Å². The van der Waals surface area contributed by atoms with Gasteiger partial charge in [0.25, 0.3) is 5.95 Å². The number of nitrogens with zero attached hydrogens (tertiary/aromatic N) is 3. The van der Waals surface area contributed by atoms with Crippen molar-refractivity contribution in [2.24, 2.45) is 16.5 Å². The Kier molecular flexibility index (Phi) is 3.36. The highest BCUT2D eigenvalue weighted by atomic mass is 35.6. The van der Waals surface area contributed by atoms with Gasteiger partial charge < -0.3 is 11.5 Å². The normalized spacial score (nSPS) is 11.1. The van der Waals surface area contributed by atoms with Crippen molar-refractivity contribution in [1.82, 2.24) is 9.97 Å². The number of hydrogen-bond acceptors (Lipinski definition) is 3. The maximum atomic E-state index is 5.60. The van der Waals surface area contributed by atoms with Crippen LogP contribution in [0.1, 0.15) is 5.69 Å². The van der Waals surface area contributed by atoms with Crippen LogP contribution in [-0.2, 0) is 3.79 Å². The van der Waals surface area contributed by atoms with Crippen LogP contribution in [-0.4, -0.2) is 15.9 Å². The standard InChI is InChI=1S/C6H6Cl3N5/c7-6(8,9)3-1-2-12-5(13-3)14-4(10)11/h1-2H,(H4,10,11,12,13,14). The molecule has 1 rings (SSSR count). The van der Waals surface area contributed by atoms with E-state index in [1.165, 1.54) is 12.3 Å². The highest BCUT2D eigenvalue weighted by molar-refractivity contribution is 6.66. The van der Waals surface area contributed by atoms with Gasteiger partial charge in [-0.15, -0.1) is 0 Å². The first-order valence-corrected chi connectivity index (χ1v) is 4.53. The summed E-state index contributed by atoms with van der Waals surface area (Å²) in [7, 11) is 0. The van der Waals surface area contributed by atoms with Crippen molar-refractivity contribution in [2.75, 3.05) is 0 Å². The van der Waals surface area contributed by atoms with E-state index in [1.54, 1.807) is 0 Å². The maximum Gasteiger partial charge on any atom is 0.252 e. The molecule has 1 aromatic heterocycles. The first-order chi connectivity index (χ1) is 6.39. The molecule has 0 aliphatic carbocycles. The molecular weight excluding hydrogens is 248 g/mol. The molecule has 0 aliphatic rings. The largest absolute Gasteiger partial charge is 0.370 e. The summed E-state index contributed by atoms with van der Waals surface area (Å²) >= 11 is 16.8. The van der Waals surface area contributed by atoms with Crippen molar-refractivity contribution in [3.05, 3.63) is 18.0 Å². The fraction of sp³-hybridized carbons (Fsp3) is 0.167. The Hall–Kier alpha value is -0.780. The summed E-state index contributed by atoms with van der Waals surface area (Å²) in [5, 5.41) is 0. The average molecular weight is 255 g/mol. The van der Waals surface area contributed by atoms with Gasteiger partial charge in [0.2, 0.25) is 3.79 Å². The lowest BCUT2D eigenvalue weighted by molar-refractivity contribution is 1.02. The molecule has 4 N–H and O–H groups in total. The predicted molar refractivity (Wildman–Crippen MR) is 56.7 cm³/mol. The Morgan fingerprint density at radius 1 is 1.36 bits per heavy atom. The van der Waals surface area contributed by atoms with Crippen LogP contribution < -0.4 is 11.5 Å². The van der Waals surface area contributed by atoms with Gasteiger partial charge in [0.1, 0.15) is 0 Å². The van der Waals surface area contributed by atoms with E-state index in [0.717, 1.165) is 0 Å². The number of nitrogens with two attached hydrogens (primary N) is 2. The van der Waals surface area contributed by atoms with E-state index in [-0.39, 0.29) is 17.6 Å². The second-order valence-corrected chi connectivity index (χ2v) is 4.56. The summed E-state index contributed by atoms with van der Waals surface area (Å²) in [6, 6.07) is 1.46. The van der Waals surface area contributed by atoms with Crippen LogP contribution in [0.2, 0.25) is 0 Å². The molecule has 0 amide bonds. The second-order valence-electron chi connectivity index (χ2n) is 2.28. The van der Waals surface area contributed by atoms with Crippen molar-refractivity contribution in [2.45, 2.75) is 3.79 Å². The zero-order chi connectivity index (χ0) is 10.8. The zero-order valence-corrected chi connectivity index (χ0v) is 9.05. The third kappa shape index (κ3) is 3.17. The van der Waals surface area contributed by atoms with Gasteiger partial charge in [-0.2, -0.15) is 4.99 Å². The monoisotopic (exact) mass is 253 g/mol. The summed E-state index contributed by atoms with van der Waals surface area (Å²) in [6.45, 7) is 0. The zero-order valence-electron chi connectivity index (χ0n) is 6.78. The van der Waals surface area contributed by atoms with Gasteiger partial charge in [0, 0.05) is 6.20 Å². The van der Waals surface area contributed by atoms with Crippen molar-refractivity contribution in [3.63, 3.8) is 0 Å². The molecule has 0 spiro atoms. The molecule has 1 aromatic rings. The molecular formula is C6H6Cl3N5. The molecule has 76 valence electrons. The molecule has 0 aromatic carbocycles. The number of alkyl halides is 3. The van der Waals surface area contributed by atoms with Crippen molar-refractivity contribution in [1.29, 1.82) is 0 Å².